The van der Waals surface area contributed by atoms with Gasteiger partial charge in [-0.05, 0) is 56.0 Å². The highest BCUT2D eigenvalue weighted by molar-refractivity contribution is 7.99. The lowest BCUT2D eigenvalue weighted by molar-refractivity contribution is -0.113. The van der Waals surface area contributed by atoms with Crippen LogP contribution < -0.4 is 10.1 Å². The predicted molar refractivity (Wildman–Crippen MR) is 121 cm³/mol. The second-order valence-electron chi connectivity index (χ2n) is 7.05. The molecule has 2 aromatic carbocycles. The van der Waals surface area contributed by atoms with Crippen LogP contribution in [0, 0.1) is 13.8 Å². The monoisotopic (exact) mass is 424 g/mol. The van der Waals surface area contributed by atoms with Gasteiger partial charge < -0.3 is 14.6 Å². The summed E-state index contributed by atoms with van der Waals surface area (Å²) in [6.07, 6.45) is 0.874. The van der Waals surface area contributed by atoms with Gasteiger partial charge in [0.15, 0.2) is 11.0 Å². The van der Waals surface area contributed by atoms with Crippen LogP contribution in [0.2, 0.25) is 0 Å². The van der Waals surface area contributed by atoms with E-state index in [0.29, 0.717) is 13.2 Å². The topological polar surface area (TPSA) is 69.0 Å². The molecule has 7 heteroatoms. The number of carbonyl (C=O) groups is 1. The third kappa shape index (κ3) is 5.42. The van der Waals surface area contributed by atoms with Gasteiger partial charge in [-0.2, -0.15) is 0 Å². The molecule has 0 aliphatic carbocycles. The number of rotatable bonds is 9. The molecule has 0 bridgehead atoms. The average Bonchev–Trinajstić information content (AvgIpc) is 3.14. The fraction of sp³-hybridized carbons (Fsp3) is 0.348. The van der Waals surface area contributed by atoms with Gasteiger partial charge in [0.1, 0.15) is 12.4 Å². The van der Waals surface area contributed by atoms with Crippen molar-refractivity contribution in [2.75, 3.05) is 11.1 Å². The number of nitrogens with one attached hydrogen (secondary N) is 1. The highest BCUT2D eigenvalue weighted by Gasteiger charge is 2.15. The first-order chi connectivity index (χ1) is 14.5. The fourth-order valence-corrected chi connectivity index (χ4v) is 4.03. The molecule has 3 rings (SSSR count). The molecule has 30 heavy (non-hydrogen) atoms. The van der Waals surface area contributed by atoms with Crippen molar-refractivity contribution in [3.05, 3.63) is 65.0 Å². The highest BCUT2D eigenvalue weighted by Crippen LogP contribution is 2.23. The molecule has 0 radical (unpaired) electrons. The maximum absolute atomic E-state index is 12.5. The molecule has 0 unspecified atom stereocenters. The molecular formula is C23H28N4O2S. The summed E-state index contributed by atoms with van der Waals surface area (Å²) < 4.78 is 7.85. The van der Waals surface area contributed by atoms with Gasteiger partial charge in [-0.3, -0.25) is 4.79 Å². The number of hydrogen-bond acceptors (Lipinski definition) is 5. The predicted octanol–water partition coefficient (Wildman–Crippen LogP) is 4.79. The minimum Gasteiger partial charge on any atom is -0.486 e. The molecule has 0 aliphatic rings. The van der Waals surface area contributed by atoms with Crippen LogP contribution in [0.5, 0.6) is 5.75 Å². The molecular weight excluding hydrogens is 396 g/mol. The van der Waals surface area contributed by atoms with E-state index in [0.717, 1.165) is 45.5 Å². The Balaban J connectivity index is 1.61. The number of benzene rings is 2. The smallest absolute Gasteiger partial charge is 0.234 e. The summed E-state index contributed by atoms with van der Waals surface area (Å²) in [6.45, 7) is 9.20. The van der Waals surface area contributed by atoms with Gasteiger partial charge >= 0.3 is 0 Å². The van der Waals surface area contributed by atoms with Crippen LogP contribution in [0.15, 0.2) is 47.6 Å². The maximum Gasteiger partial charge on any atom is 0.234 e. The van der Waals surface area contributed by atoms with E-state index in [1.54, 1.807) is 0 Å². The van der Waals surface area contributed by atoms with Crippen molar-refractivity contribution in [3.63, 3.8) is 0 Å². The average molecular weight is 425 g/mol. The molecule has 0 spiro atoms. The second-order valence-corrected chi connectivity index (χ2v) is 7.99. The van der Waals surface area contributed by atoms with E-state index in [1.165, 1.54) is 11.8 Å². The van der Waals surface area contributed by atoms with Crippen LogP contribution in [0.3, 0.4) is 0 Å². The second kappa shape index (κ2) is 10.3. The van der Waals surface area contributed by atoms with Gasteiger partial charge in [0.2, 0.25) is 5.91 Å². The first-order valence-electron chi connectivity index (χ1n) is 10.1. The number of aryl methyl sites for hydroxylation is 3. The molecule has 1 amide bonds. The number of anilines is 1. The van der Waals surface area contributed by atoms with Crippen molar-refractivity contribution in [2.45, 2.75) is 52.4 Å². The highest BCUT2D eigenvalue weighted by atomic mass is 32.2. The summed E-state index contributed by atoms with van der Waals surface area (Å²) in [5.41, 5.74) is 4.27. The van der Waals surface area contributed by atoms with E-state index >= 15 is 0 Å². The first kappa shape index (κ1) is 21.9. The summed E-state index contributed by atoms with van der Waals surface area (Å²) >= 11 is 1.38. The fourth-order valence-electron chi connectivity index (χ4n) is 3.21. The molecule has 0 saturated heterocycles. The molecule has 0 aliphatic heterocycles. The van der Waals surface area contributed by atoms with Crippen molar-refractivity contribution in [2.24, 2.45) is 0 Å². The van der Waals surface area contributed by atoms with Gasteiger partial charge in [0.05, 0.1) is 5.75 Å². The Morgan fingerprint density at radius 3 is 2.67 bits per heavy atom. The van der Waals surface area contributed by atoms with Gasteiger partial charge in [0, 0.05) is 12.2 Å². The van der Waals surface area contributed by atoms with Gasteiger partial charge in [-0.1, -0.05) is 49.0 Å². The van der Waals surface area contributed by atoms with E-state index in [1.807, 2.05) is 67.8 Å². The lowest BCUT2D eigenvalue weighted by Gasteiger charge is -2.13. The number of amides is 1. The van der Waals surface area contributed by atoms with Crippen LogP contribution in [0.4, 0.5) is 5.69 Å². The Hall–Kier alpha value is -2.80. The van der Waals surface area contributed by atoms with Crippen molar-refractivity contribution in [1.29, 1.82) is 0 Å². The molecule has 1 N–H and O–H groups in total. The van der Waals surface area contributed by atoms with Crippen LogP contribution in [-0.2, 0) is 24.4 Å². The van der Waals surface area contributed by atoms with E-state index < -0.39 is 0 Å². The molecule has 158 valence electrons. The molecule has 1 aromatic heterocycles. The lowest BCUT2D eigenvalue weighted by Crippen LogP contribution is -2.17. The number of hydrogen-bond donors (Lipinski definition) is 1. The number of carbonyl (C=O) groups excluding carboxylic acids is 1. The molecule has 0 saturated carbocycles. The Bertz CT molecular complexity index is 1020. The van der Waals surface area contributed by atoms with Crippen molar-refractivity contribution >= 4 is 23.4 Å². The lowest BCUT2D eigenvalue weighted by atomic mass is 10.1. The number of ether oxygens (including phenoxy) is 1. The number of thioether (sulfide) groups is 1. The maximum atomic E-state index is 12.5. The normalized spacial score (nSPS) is 10.8. The summed E-state index contributed by atoms with van der Waals surface area (Å²) in [5, 5.41) is 12.3. The van der Waals surface area contributed by atoms with Crippen LogP contribution >= 0.6 is 11.8 Å². The number of nitrogens with zero attached hydrogens (tertiary/aromatic N) is 3. The molecule has 3 aromatic rings. The van der Waals surface area contributed by atoms with Crippen molar-refractivity contribution in [1.82, 2.24) is 14.8 Å². The summed E-state index contributed by atoms with van der Waals surface area (Å²) in [4.78, 5) is 12.5. The number of aromatic nitrogens is 3. The van der Waals surface area contributed by atoms with E-state index in [-0.39, 0.29) is 11.7 Å². The van der Waals surface area contributed by atoms with Gasteiger partial charge in [-0.25, -0.2) is 0 Å². The Morgan fingerprint density at radius 2 is 1.93 bits per heavy atom. The van der Waals surface area contributed by atoms with E-state index in [4.69, 9.17) is 4.74 Å². The summed E-state index contributed by atoms with van der Waals surface area (Å²) in [5.74, 6) is 1.77. The van der Waals surface area contributed by atoms with Crippen molar-refractivity contribution in [3.8, 4) is 5.75 Å². The van der Waals surface area contributed by atoms with E-state index in [2.05, 4.69) is 22.4 Å². The van der Waals surface area contributed by atoms with Crippen LogP contribution in [-0.4, -0.2) is 26.4 Å². The minimum atomic E-state index is -0.0489. The zero-order chi connectivity index (χ0) is 21.5. The third-order valence-electron chi connectivity index (χ3n) is 4.80. The first-order valence-corrected chi connectivity index (χ1v) is 11.1. The Morgan fingerprint density at radius 1 is 1.13 bits per heavy atom. The van der Waals surface area contributed by atoms with Gasteiger partial charge in [-0.15, -0.1) is 10.2 Å². The van der Waals surface area contributed by atoms with E-state index in [9.17, 15) is 4.79 Å². The third-order valence-corrected chi connectivity index (χ3v) is 5.77. The summed E-state index contributed by atoms with van der Waals surface area (Å²) in [6, 6.07) is 14.0. The quantitative estimate of drug-likeness (QED) is 0.500. The molecule has 0 fully saturated rings. The SMILES string of the molecule is CCc1cccc(C)c1NC(=O)CSc1nnc(COc2cccc(C)c2)n1CC. The molecule has 0 atom stereocenters. The van der Waals surface area contributed by atoms with Crippen LogP contribution in [0.25, 0.3) is 0 Å². The van der Waals surface area contributed by atoms with Crippen LogP contribution in [0.1, 0.15) is 36.4 Å². The molecule has 6 nitrogen and oxygen atoms in total. The Kier molecular flexibility index (Phi) is 7.52. The standard InChI is InChI=1S/C23H28N4O2S/c1-5-18-11-8-10-17(4)22(18)24-21(28)15-30-23-26-25-20(27(23)6-2)14-29-19-12-7-9-16(3)13-19/h7-13H,5-6,14-15H2,1-4H3,(H,24,28). The summed E-state index contributed by atoms with van der Waals surface area (Å²) in [7, 11) is 0. The zero-order valence-corrected chi connectivity index (χ0v) is 18.8. The number of para-hydroxylation sites is 1. The van der Waals surface area contributed by atoms with Crippen molar-refractivity contribution < 1.29 is 9.53 Å². The Labute approximate surface area is 182 Å². The zero-order valence-electron chi connectivity index (χ0n) is 17.9. The molecule has 1 heterocycles. The van der Waals surface area contributed by atoms with Gasteiger partial charge in [0.25, 0.3) is 0 Å². The minimum absolute atomic E-state index is 0.0489. The largest absolute Gasteiger partial charge is 0.486 e.